The molecule has 0 aliphatic heterocycles. The van der Waals surface area contributed by atoms with Crippen molar-refractivity contribution >= 4 is 203 Å². The number of nitro groups is 1. The van der Waals surface area contributed by atoms with Crippen LogP contribution in [0.3, 0.4) is 0 Å². The number of benzene rings is 9. The number of para-hydroxylation sites is 2. The molecule has 0 spiro atoms. The number of methoxy groups -OCH3 is 5. The van der Waals surface area contributed by atoms with Crippen molar-refractivity contribution in [1.82, 2.24) is 19.9 Å². The van der Waals surface area contributed by atoms with Gasteiger partial charge >= 0.3 is 17.6 Å². The Labute approximate surface area is 863 Å². The van der Waals surface area contributed by atoms with Crippen molar-refractivity contribution in [3.63, 3.8) is 0 Å². The van der Waals surface area contributed by atoms with Crippen LogP contribution in [0.4, 0.5) is 105 Å². The van der Waals surface area contributed by atoms with Crippen LogP contribution in [0.5, 0.6) is 40.2 Å². The van der Waals surface area contributed by atoms with Gasteiger partial charge in [-0.1, -0.05) is 84.1 Å². The predicted molar refractivity (Wildman–Crippen MR) is 557 cm³/mol. The number of phenols is 2. The molecular formula is C93H109Cl3F7IN16O24P2. The molecule has 53 heteroatoms. The molecule has 0 bridgehead atoms. The van der Waals surface area contributed by atoms with Crippen LogP contribution in [0.15, 0.2) is 177 Å². The second-order valence-corrected chi connectivity index (χ2v) is 36.0. The van der Waals surface area contributed by atoms with E-state index in [0.29, 0.717) is 78.7 Å². The number of ether oxygens (including phenoxy) is 6. The van der Waals surface area contributed by atoms with Crippen molar-refractivity contribution in [1.29, 1.82) is 0 Å². The van der Waals surface area contributed by atoms with Gasteiger partial charge in [-0.3, -0.25) is 48.5 Å². The van der Waals surface area contributed by atoms with Gasteiger partial charge in [-0.15, -0.1) is 10.1 Å². The zero-order valence-electron chi connectivity index (χ0n) is 80.7. The highest BCUT2D eigenvalue weighted by molar-refractivity contribution is 14.1. The first kappa shape index (κ1) is 133. The van der Waals surface area contributed by atoms with Crippen LogP contribution in [0.25, 0.3) is 0 Å². The molecule has 5 amide bonds. The van der Waals surface area contributed by atoms with Crippen LogP contribution < -0.4 is 88.7 Å². The number of nitro benzene ring substituents is 1. The number of carbonyl (C=O) groups excluding carboxylic acids is 8. The molecule has 0 radical (unpaired) electrons. The SMILES string of the molecule is C.C=CC(=O)Cl.CC(=O)Nc1ccc(O)cc1F.CC(=O)OC(C)=O.CI.CO.COc1cc(F)c(N)cc1Cc1ncc(Cl)c(Nc2ccccc2P(C)(C)=O)n1.COc1cc(F)c(NC(C)=O)cc1Cc1ncc(Cl)c(Nc2ccccc2P(C)(C)=O)n1.COc1cc(F)c(NC(C)=O)cc1N.COc1cc(F)c(NC(C)=O)cc1[N+](=O)[O-].COc1ccc(NC(C)=O)c(F)c1.Nc1ccc(O)cc1F.O=[N+]([O-])O. The van der Waals surface area contributed by atoms with Gasteiger partial charge in [-0.2, -0.15) is 0 Å². The Hall–Kier alpha value is -15.2. The topological polar surface area (TPSA) is 607 Å². The number of allylic oxidation sites excluding steroid dienone is 1. The number of nitrogens with one attached hydrogen (secondary N) is 7. The number of nitrogens with zero attached hydrogens (tertiary/aromatic N) is 6. The minimum absolute atomic E-state index is 0. The van der Waals surface area contributed by atoms with Crippen molar-refractivity contribution in [2.24, 2.45) is 0 Å². The van der Waals surface area contributed by atoms with Crippen molar-refractivity contribution in [2.45, 2.75) is 68.7 Å². The third kappa shape index (κ3) is 50.6. The maximum absolute atomic E-state index is 14.2. The predicted octanol–water partition coefficient (Wildman–Crippen LogP) is 18.7. The first-order chi connectivity index (χ1) is 67.8. The van der Waals surface area contributed by atoms with Crippen molar-refractivity contribution < 1.29 is 137 Å². The molecule has 11 rings (SSSR count). The summed E-state index contributed by atoms with van der Waals surface area (Å²) >= 11 is 19.4. The number of aliphatic hydroxyl groups excluding tert-OH is 1. The average molecular weight is 2260 g/mol. The number of aliphatic hydroxyl groups is 1. The Morgan fingerprint density at radius 2 is 0.774 bits per heavy atom. The number of esters is 2. The van der Waals surface area contributed by atoms with Crippen molar-refractivity contribution in [3.8, 4) is 40.2 Å². The summed E-state index contributed by atoms with van der Waals surface area (Å²) in [6.45, 7) is 18.6. The number of nitrogen functional groups attached to an aromatic ring is 3. The number of rotatable bonds is 22. The van der Waals surface area contributed by atoms with E-state index < -0.39 is 99.7 Å². The van der Waals surface area contributed by atoms with E-state index in [1.165, 1.54) is 163 Å². The molecule has 2 aromatic heterocycles. The van der Waals surface area contributed by atoms with E-state index in [1.807, 2.05) is 41.3 Å². The summed E-state index contributed by atoms with van der Waals surface area (Å²) < 4.78 is 147. The van der Waals surface area contributed by atoms with Gasteiger partial charge in [0.05, 0.1) is 110 Å². The molecule has 0 unspecified atom stereocenters. The van der Waals surface area contributed by atoms with Crippen LogP contribution in [0.2, 0.25) is 10.0 Å². The summed E-state index contributed by atoms with van der Waals surface area (Å²) in [5.74, 6) is -4.90. The lowest BCUT2D eigenvalue weighted by Crippen LogP contribution is -2.11. The Morgan fingerprint density at radius 1 is 0.452 bits per heavy atom. The number of hydrogen-bond donors (Lipinski definition) is 14. The van der Waals surface area contributed by atoms with Crippen LogP contribution in [0.1, 0.15) is 78.7 Å². The molecule has 0 atom stereocenters. The van der Waals surface area contributed by atoms with E-state index in [9.17, 15) is 88.3 Å². The van der Waals surface area contributed by atoms with E-state index in [4.69, 9.17) is 102 Å². The molecule has 40 nitrogen and oxygen atoms in total. The average Bonchev–Trinajstić information content (AvgIpc) is 0.809. The molecule has 9 aromatic carbocycles. The lowest BCUT2D eigenvalue weighted by molar-refractivity contribution is -0.742. The summed E-state index contributed by atoms with van der Waals surface area (Å²) in [6.07, 6.45) is 4.44. The number of aromatic nitrogens is 4. The van der Waals surface area contributed by atoms with Crippen LogP contribution in [-0.2, 0) is 65.1 Å². The fraction of sp³-hybridized carbons (Fsp3) is 0.226. The lowest BCUT2D eigenvalue weighted by atomic mass is 10.1. The Morgan fingerprint density at radius 3 is 1.11 bits per heavy atom. The molecule has 17 N–H and O–H groups in total. The van der Waals surface area contributed by atoms with Crippen LogP contribution >= 0.6 is 71.7 Å². The van der Waals surface area contributed by atoms with Crippen LogP contribution in [-0.4, -0.2) is 171 Å². The molecular weight excluding hydrogens is 2150 g/mol. The van der Waals surface area contributed by atoms with E-state index >= 15 is 0 Å². The number of amides is 5. The first-order valence-electron chi connectivity index (χ1n) is 40.4. The molecule has 0 fully saturated rings. The Balaban J connectivity index is 0. The van der Waals surface area contributed by atoms with Crippen molar-refractivity contribution in [2.75, 3.05) is 129 Å². The molecule has 146 heavy (non-hydrogen) atoms. The van der Waals surface area contributed by atoms with Gasteiger partial charge < -0.3 is 112 Å². The minimum atomic E-state index is -2.54. The van der Waals surface area contributed by atoms with Gasteiger partial charge in [0.2, 0.25) is 34.8 Å². The quantitative estimate of drug-likeness (QED) is 0.00244. The monoisotopic (exact) mass is 2260 g/mol. The number of phenolic OH excluding ortho intramolecular Hbond substituents is 2. The van der Waals surface area contributed by atoms with E-state index in [1.54, 1.807) is 44.9 Å². The number of hydrogen-bond acceptors (Lipinski definition) is 32. The zero-order chi connectivity index (χ0) is 111. The molecule has 0 saturated carbocycles. The number of nitrogens with two attached hydrogens (primary N) is 3. The Bertz CT molecular complexity index is 6400. The number of anilines is 12. The molecule has 792 valence electrons. The Kier molecular flexibility index (Phi) is 61.2. The van der Waals surface area contributed by atoms with Gasteiger partial charge in [0, 0.05) is 139 Å². The molecule has 0 aliphatic carbocycles. The van der Waals surface area contributed by atoms with Crippen molar-refractivity contribution in [3.05, 3.63) is 270 Å². The highest BCUT2D eigenvalue weighted by Gasteiger charge is 2.24. The van der Waals surface area contributed by atoms with E-state index in [-0.39, 0.29) is 112 Å². The molecule has 11 aromatic rings. The number of aromatic hydroxyl groups is 2. The maximum Gasteiger partial charge on any atom is 0.313 e. The first-order valence-corrected chi connectivity index (χ1v) is 48.9. The summed E-state index contributed by atoms with van der Waals surface area (Å²) in [5, 5.41) is 68.0. The minimum Gasteiger partial charge on any atom is -0.508 e. The standard InChI is InChI=1S/C22H23ClFN4O3P.C20H21ClFN4O2P.C9H9FN2O4.C9H11FN2O2.C9H10FNO2.C8H8FNO2.C6H6FNO.C4H6O3.C3H3ClO.CH3I.CH4O.CH4.HNO3/c1-13(29)26-18-9-14(19(31-2)11-16(18)24)10-21-25-12-15(23)22(28-21)27-17-7-5-6-8-20(17)32(3,4)30;1-28-17-10-14(22)15(23)8-12(17)9-19-24-11-13(21)20(26-19)25-16-6-4-5-7-18(16)29(2,3)27;1-5(13)11-7-4-8(12(14)15)9(16-2)3-6(7)10;1-5(13)12-8-4-7(11)9(14-2)3-6(8)10;1-6(12)11-9-4-3-7(13-2)5-8(9)10;1-5(11)10-8-3-2-6(12)4-7(8)9;7-5-3-4(9)1-2-6(5)8;1-3(5)7-4(2)6;1-2-3(4)5;2*1-2;;2-1(3)4/h5-9,11-12H,10H2,1-4H3,(H,26,29)(H,25,27,28);4-8,10-11H,9,23H2,1-3H3,(H,24,25,26);3-4H,1-2H3,(H,11,13);3-4H,11H2,1-2H3,(H,12,13);3-5H,1-2H3,(H,11,12);2-4,12H,1H3,(H,10,11);1-3,9H,8H2;1-2H3;2H,1H2;1H3;2H,1H3;1H4;(H,2,3,4). The highest BCUT2D eigenvalue weighted by Crippen LogP contribution is 2.41. The largest absolute Gasteiger partial charge is 0.508 e. The molecule has 2 heterocycles. The molecule has 0 aliphatic rings. The fourth-order valence-electron chi connectivity index (χ4n) is 10.6. The third-order valence-electron chi connectivity index (χ3n) is 16.4. The van der Waals surface area contributed by atoms with Gasteiger partial charge in [0.15, 0.2) is 29.0 Å². The van der Waals surface area contributed by atoms with Gasteiger partial charge in [0.25, 0.3) is 5.09 Å². The maximum atomic E-state index is 14.2. The summed E-state index contributed by atoms with van der Waals surface area (Å²) in [4.78, 5) is 121. The van der Waals surface area contributed by atoms with E-state index in [0.717, 1.165) is 43.5 Å². The lowest BCUT2D eigenvalue weighted by Gasteiger charge is -2.16. The number of alkyl halides is 1. The smallest absolute Gasteiger partial charge is 0.313 e. The van der Waals surface area contributed by atoms with Gasteiger partial charge in [0.1, 0.15) is 99.6 Å². The fourth-order valence-corrected chi connectivity index (χ4v) is 13.2. The highest BCUT2D eigenvalue weighted by atomic mass is 127. The second-order valence-electron chi connectivity index (χ2n) is 28.4. The van der Waals surface area contributed by atoms with Gasteiger partial charge in [-0.05, 0) is 128 Å². The normalized spacial score (nSPS) is 9.74. The number of halogens is 11. The van der Waals surface area contributed by atoms with Crippen LogP contribution in [0, 0.1) is 60.9 Å². The summed E-state index contributed by atoms with van der Waals surface area (Å²) in [5.41, 5.74) is 18.8. The second kappa shape index (κ2) is 67.3. The van der Waals surface area contributed by atoms with E-state index in [2.05, 4.69) is 95.8 Å². The van der Waals surface area contributed by atoms with Gasteiger partial charge in [-0.25, -0.2) is 50.7 Å². The number of carbonyl (C=O) groups is 8. The third-order valence-corrected chi connectivity index (χ3v) is 20.2. The summed E-state index contributed by atoms with van der Waals surface area (Å²) in [7, 11) is 2.87. The summed E-state index contributed by atoms with van der Waals surface area (Å²) in [6, 6.07) is 35.5. The zero-order valence-corrected chi connectivity index (χ0v) is 86.9. The molecule has 0 saturated heterocycles.